The molecule has 3 amide bonds. The van der Waals surface area contributed by atoms with Gasteiger partial charge in [0.05, 0.1) is 6.54 Å². The third-order valence-corrected chi connectivity index (χ3v) is 3.55. The van der Waals surface area contributed by atoms with Crippen LogP contribution in [0.15, 0.2) is 24.3 Å². The van der Waals surface area contributed by atoms with Crippen molar-refractivity contribution >= 4 is 17.9 Å². The summed E-state index contributed by atoms with van der Waals surface area (Å²) in [6.07, 6.45) is -0.491. The summed E-state index contributed by atoms with van der Waals surface area (Å²) in [5.41, 5.74) is 0.438. The average molecular weight is 392 g/mol. The van der Waals surface area contributed by atoms with Crippen LogP contribution in [0.25, 0.3) is 0 Å². The van der Waals surface area contributed by atoms with Gasteiger partial charge in [-0.3, -0.25) is 9.59 Å². The molecule has 156 valence electrons. The highest BCUT2D eigenvalue weighted by Gasteiger charge is 2.20. The number of nitrogens with zero attached hydrogens (tertiary/aromatic N) is 1. The van der Waals surface area contributed by atoms with Crippen LogP contribution in [0.4, 0.5) is 4.79 Å². The molecule has 1 aromatic rings. The van der Waals surface area contributed by atoms with Gasteiger partial charge in [0.15, 0.2) is 0 Å². The molecule has 0 heterocycles. The Morgan fingerprint density at radius 2 is 1.57 bits per heavy atom. The molecule has 1 aromatic carbocycles. The van der Waals surface area contributed by atoms with Gasteiger partial charge in [0.1, 0.15) is 5.60 Å². The highest BCUT2D eigenvalue weighted by Crippen LogP contribution is 2.10. The van der Waals surface area contributed by atoms with Crippen LogP contribution >= 0.6 is 0 Å². The molecule has 0 aliphatic rings. The van der Waals surface area contributed by atoms with Crippen LogP contribution in [0.3, 0.4) is 0 Å². The maximum Gasteiger partial charge on any atom is 0.407 e. The normalized spacial score (nSPS) is 11.5. The molecular formula is C21H33N3O4. The summed E-state index contributed by atoms with van der Waals surface area (Å²) in [6.45, 7) is 13.7. The van der Waals surface area contributed by atoms with Crippen LogP contribution in [0.2, 0.25) is 0 Å². The molecule has 7 nitrogen and oxygen atoms in total. The summed E-state index contributed by atoms with van der Waals surface area (Å²) in [7, 11) is 0. The molecular weight excluding hydrogens is 358 g/mol. The monoisotopic (exact) mass is 391 g/mol. The molecule has 0 unspecified atom stereocenters. The zero-order valence-corrected chi connectivity index (χ0v) is 18.0. The summed E-state index contributed by atoms with van der Waals surface area (Å²) in [4.78, 5) is 38.0. The van der Waals surface area contributed by atoms with Gasteiger partial charge in [-0.05, 0) is 66.2 Å². The lowest BCUT2D eigenvalue weighted by atomic mass is 10.1. The first-order valence-corrected chi connectivity index (χ1v) is 9.47. The van der Waals surface area contributed by atoms with E-state index in [1.165, 1.54) is 4.90 Å². The quantitative estimate of drug-likeness (QED) is 0.780. The van der Waals surface area contributed by atoms with Crippen molar-refractivity contribution in [1.29, 1.82) is 0 Å². The molecule has 28 heavy (non-hydrogen) atoms. The van der Waals surface area contributed by atoms with Crippen LogP contribution in [0.1, 0.15) is 64.4 Å². The van der Waals surface area contributed by atoms with E-state index >= 15 is 0 Å². The van der Waals surface area contributed by atoms with Crippen molar-refractivity contribution in [1.82, 2.24) is 15.5 Å². The Hall–Kier alpha value is -2.57. The summed E-state index contributed by atoms with van der Waals surface area (Å²) in [5, 5.41) is 5.53. The fourth-order valence-corrected chi connectivity index (χ4v) is 2.39. The Labute approximate surface area is 167 Å². The van der Waals surface area contributed by atoms with E-state index in [1.54, 1.807) is 45.0 Å². The van der Waals surface area contributed by atoms with Crippen molar-refractivity contribution in [3.05, 3.63) is 35.4 Å². The molecule has 0 saturated carbocycles. The second-order valence-corrected chi connectivity index (χ2v) is 8.67. The number of carbonyl (C=O) groups is 3. The lowest BCUT2D eigenvalue weighted by molar-refractivity contribution is -0.123. The molecule has 0 saturated heterocycles. The number of hydrogen-bond acceptors (Lipinski definition) is 4. The van der Waals surface area contributed by atoms with Gasteiger partial charge in [0.25, 0.3) is 5.91 Å². The van der Waals surface area contributed by atoms with Crippen molar-refractivity contribution in [2.24, 2.45) is 0 Å². The number of hydrogen-bond donors (Lipinski definition) is 2. The number of amides is 3. The zero-order valence-electron chi connectivity index (χ0n) is 18.0. The number of alkyl carbamates (subject to hydrolysis) is 1. The molecule has 2 N–H and O–H groups in total. The Morgan fingerprint density at radius 1 is 1.00 bits per heavy atom. The molecule has 0 aliphatic carbocycles. The molecule has 0 aromatic heterocycles. The Balaban J connectivity index is 2.66. The standard InChI is InChI=1S/C21H33N3O4/c1-8-24(14-17(25)23-20(2,3)4)18(26)16-11-9-15(10-12-16)13-22-19(27)28-21(5,6)7/h9-12H,8,13-14H2,1-7H3,(H,22,27)(H,23,25). The minimum absolute atomic E-state index is 0.00849. The topological polar surface area (TPSA) is 87.7 Å². The van der Waals surface area contributed by atoms with Crippen molar-refractivity contribution in [3.8, 4) is 0 Å². The Bertz CT molecular complexity index is 685. The smallest absolute Gasteiger partial charge is 0.407 e. The summed E-state index contributed by atoms with van der Waals surface area (Å²) < 4.78 is 5.19. The first-order valence-electron chi connectivity index (χ1n) is 9.47. The number of likely N-dealkylation sites (N-methyl/N-ethyl adjacent to an activating group) is 1. The van der Waals surface area contributed by atoms with Gasteiger partial charge in [-0.1, -0.05) is 12.1 Å². The van der Waals surface area contributed by atoms with E-state index in [2.05, 4.69) is 10.6 Å². The highest BCUT2D eigenvalue weighted by molar-refractivity contribution is 5.96. The fraction of sp³-hybridized carbons (Fsp3) is 0.571. The molecule has 1 rings (SSSR count). The maximum absolute atomic E-state index is 12.7. The van der Waals surface area contributed by atoms with Gasteiger partial charge in [-0.2, -0.15) is 0 Å². The van der Waals surface area contributed by atoms with Crippen molar-refractivity contribution in [3.63, 3.8) is 0 Å². The van der Waals surface area contributed by atoms with Gasteiger partial charge < -0.3 is 20.3 Å². The van der Waals surface area contributed by atoms with Gasteiger partial charge in [-0.25, -0.2) is 4.79 Å². The summed E-state index contributed by atoms with van der Waals surface area (Å²) in [6, 6.07) is 6.93. The van der Waals surface area contributed by atoms with Crippen molar-refractivity contribution < 1.29 is 19.1 Å². The average Bonchev–Trinajstić information content (AvgIpc) is 2.54. The predicted octanol–water partition coefficient (Wildman–Crippen LogP) is 3.09. The summed E-state index contributed by atoms with van der Waals surface area (Å²) in [5.74, 6) is -0.404. The van der Waals surface area contributed by atoms with Crippen molar-refractivity contribution in [2.45, 2.75) is 66.2 Å². The van der Waals surface area contributed by atoms with Crippen LogP contribution < -0.4 is 10.6 Å². The minimum Gasteiger partial charge on any atom is -0.444 e. The SMILES string of the molecule is CCN(CC(=O)NC(C)(C)C)C(=O)c1ccc(CNC(=O)OC(C)(C)C)cc1. The largest absolute Gasteiger partial charge is 0.444 e. The number of benzene rings is 1. The molecule has 0 atom stereocenters. The van der Waals surface area contributed by atoms with Gasteiger partial charge >= 0.3 is 6.09 Å². The third kappa shape index (κ3) is 8.88. The Kier molecular flexibility index (Phi) is 8.02. The number of carbonyl (C=O) groups excluding carboxylic acids is 3. The van der Waals surface area contributed by atoms with E-state index < -0.39 is 11.7 Å². The Morgan fingerprint density at radius 3 is 2.04 bits per heavy atom. The van der Waals surface area contributed by atoms with E-state index in [1.807, 2.05) is 27.7 Å². The van der Waals surface area contributed by atoms with Crippen LogP contribution in [-0.4, -0.2) is 47.0 Å². The van der Waals surface area contributed by atoms with E-state index in [0.29, 0.717) is 18.7 Å². The molecule has 0 spiro atoms. The number of nitrogens with one attached hydrogen (secondary N) is 2. The first-order chi connectivity index (χ1) is 12.8. The van der Waals surface area contributed by atoms with E-state index in [0.717, 1.165) is 5.56 Å². The van der Waals surface area contributed by atoms with E-state index in [9.17, 15) is 14.4 Å². The zero-order chi connectivity index (χ0) is 21.5. The van der Waals surface area contributed by atoms with E-state index in [-0.39, 0.29) is 23.9 Å². The predicted molar refractivity (Wildman–Crippen MR) is 109 cm³/mol. The van der Waals surface area contributed by atoms with E-state index in [4.69, 9.17) is 4.74 Å². The lowest BCUT2D eigenvalue weighted by Crippen LogP contribution is -2.47. The molecule has 7 heteroatoms. The second-order valence-electron chi connectivity index (χ2n) is 8.67. The van der Waals surface area contributed by atoms with Gasteiger partial charge in [0, 0.05) is 24.2 Å². The number of ether oxygens (including phenoxy) is 1. The molecule has 0 radical (unpaired) electrons. The number of rotatable bonds is 6. The fourth-order valence-electron chi connectivity index (χ4n) is 2.39. The van der Waals surface area contributed by atoms with Crippen LogP contribution in [-0.2, 0) is 16.1 Å². The van der Waals surface area contributed by atoms with Gasteiger partial charge in [0.2, 0.25) is 5.91 Å². The first kappa shape index (κ1) is 23.5. The highest BCUT2D eigenvalue weighted by atomic mass is 16.6. The summed E-state index contributed by atoms with van der Waals surface area (Å²) >= 11 is 0. The molecule has 0 aliphatic heterocycles. The minimum atomic E-state index is -0.552. The van der Waals surface area contributed by atoms with Crippen molar-refractivity contribution in [2.75, 3.05) is 13.1 Å². The van der Waals surface area contributed by atoms with Crippen LogP contribution in [0, 0.1) is 0 Å². The third-order valence-electron chi connectivity index (χ3n) is 3.55. The maximum atomic E-state index is 12.7. The molecule has 0 fully saturated rings. The van der Waals surface area contributed by atoms with Crippen LogP contribution in [0.5, 0.6) is 0 Å². The molecule has 0 bridgehead atoms. The second kappa shape index (κ2) is 9.57. The lowest BCUT2D eigenvalue weighted by Gasteiger charge is -2.25. The van der Waals surface area contributed by atoms with Gasteiger partial charge in [-0.15, -0.1) is 0 Å².